The predicted molar refractivity (Wildman–Crippen MR) is 219 cm³/mol. The maximum absolute atomic E-state index is 6.01. The molecule has 0 amide bonds. The number of hydrogen-bond acceptors (Lipinski definition) is 5. The topological polar surface area (TPSA) is 66.5 Å². The van der Waals surface area contributed by atoms with E-state index in [4.69, 9.17) is 19.6 Å². The van der Waals surface area contributed by atoms with Gasteiger partial charge in [-0.05, 0) is 71.3 Å². The number of ether oxygens (including phenoxy) is 2. The lowest BCUT2D eigenvalue weighted by Crippen LogP contribution is -2.38. The monoisotopic (exact) mass is 725 g/mol. The van der Waals surface area contributed by atoms with Crippen LogP contribution in [0.15, 0.2) is 170 Å². The van der Waals surface area contributed by atoms with Gasteiger partial charge in [0.1, 0.15) is 22.6 Å². The van der Waals surface area contributed by atoms with Gasteiger partial charge in [-0.25, -0.2) is 4.98 Å². The summed E-state index contributed by atoms with van der Waals surface area (Å²) in [6.45, 7) is 7.98. The molecule has 0 aliphatic rings. The largest absolute Gasteiger partial charge is 0.468 e. The molecule has 8 rings (SSSR count). The summed E-state index contributed by atoms with van der Waals surface area (Å²) < 4.78 is 16.1. The van der Waals surface area contributed by atoms with Crippen LogP contribution in [-0.2, 0) is 10.3 Å². The van der Waals surface area contributed by atoms with Gasteiger partial charge in [0.2, 0.25) is 0 Å². The van der Waals surface area contributed by atoms with Crippen molar-refractivity contribution in [3.63, 3.8) is 0 Å². The third kappa shape index (κ3) is 7.01. The van der Waals surface area contributed by atoms with E-state index in [0.29, 0.717) is 6.61 Å². The molecule has 0 aliphatic heterocycles. The van der Waals surface area contributed by atoms with Crippen molar-refractivity contribution in [3.05, 3.63) is 187 Å². The Hall–Kier alpha value is -6.09. The number of hydrogen-bond donors (Lipinski definition) is 0. The van der Waals surface area contributed by atoms with Gasteiger partial charge in [-0.1, -0.05) is 117 Å². The minimum atomic E-state index is -1.17. The van der Waals surface area contributed by atoms with Crippen LogP contribution in [-0.4, -0.2) is 45.6 Å². The molecule has 0 bridgehead atoms. The number of imidazole rings is 1. The molecule has 0 spiro atoms. The predicted octanol–water partition coefficient (Wildman–Crippen LogP) is 10.5. The van der Waals surface area contributed by atoms with Crippen LogP contribution in [0.3, 0.4) is 0 Å². The average molecular weight is 726 g/mol. The van der Waals surface area contributed by atoms with Gasteiger partial charge >= 0.3 is 0 Å². The molecule has 0 fully saturated rings. The fraction of sp³-hybridized carbons (Fsp3) is 0.152. The van der Waals surface area contributed by atoms with E-state index < -0.39 is 13.6 Å². The first-order valence-corrected chi connectivity index (χ1v) is 22.1. The molecular formula is C46H43N5O2Si. The van der Waals surface area contributed by atoms with Crippen molar-refractivity contribution in [3.8, 4) is 39.5 Å². The molecule has 0 saturated heterocycles. The van der Waals surface area contributed by atoms with Crippen molar-refractivity contribution in [2.24, 2.45) is 0 Å². The fourth-order valence-electron chi connectivity index (χ4n) is 7.00. The molecule has 8 heteroatoms. The molecule has 4 heterocycles. The van der Waals surface area contributed by atoms with E-state index in [1.165, 1.54) is 0 Å². The maximum atomic E-state index is 6.01. The number of aromatic nitrogens is 5. The summed E-state index contributed by atoms with van der Waals surface area (Å²) in [6, 6.07) is 51.3. The number of nitrogens with zero attached hydrogens (tertiary/aromatic N) is 5. The quantitative estimate of drug-likeness (QED) is 0.0512. The molecule has 0 radical (unpaired) electrons. The zero-order valence-corrected chi connectivity index (χ0v) is 31.8. The van der Waals surface area contributed by atoms with Gasteiger partial charge in [0, 0.05) is 50.0 Å². The first-order valence-electron chi connectivity index (χ1n) is 18.4. The second-order valence-electron chi connectivity index (χ2n) is 14.7. The van der Waals surface area contributed by atoms with Crippen molar-refractivity contribution in [2.75, 3.05) is 13.4 Å². The Labute approximate surface area is 317 Å². The summed E-state index contributed by atoms with van der Waals surface area (Å²) >= 11 is 0. The molecule has 7 nitrogen and oxygen atoms in total. The minimum absolute atomic E-state index is 0.223. The lowest BCUT2D eigenvalue weighted by molar-refractivity contribution is 0.0220. The first-order chi connectivity index (χ1) is 26.4. The van der Waals surface area contributed by atoms with Crippen LogP contribution in [0.2, 0.25) is 25.7 Å². The van der Waals surface area contributed by atoms with E-state index in [1.807, 2.05) is 42.7 Å². The molecule has 4 aromatic carbocycles. The molecule has 268 valence electrons. The highest BCUT2D eigenvalue weighted by Gasteiger charge is 2.40. The highest BCUT2D eigenvalue weighted by atomic mass is 28.3. The zero-order valence-electron chi connectivity index (χ0n) is 30.8. The first kappa shape index (κ1) is 35.0. The van der Waals surface area contributed by atoms with Crippen LogP contribution in [0.25, 0.3) is 39.4 Å². The summed E-state index contributed by atoms with van der Waals surface area (Å²) in [4.78, 5) is 9.34. The van der Waals surface area contributed by atoms with Gasteiger partial charge in [-0.15, -0.1) is 0 Å². The lowest BCUT2D eigenvalue weighted by atomic mass is 9.77. The van der Waals surface area contributed by atoms with Crippen molar-refractivity contribution in [2.45, 2.75) is 31.2 Å². The van der Waals surface area contributed by atoms with Crippen molar-refractivity contribution >= 4 is 13.7 Å². The highest BCUT2D eigenvalue weighted by Crippen LogP contribution is 2.43. The molecule has 0 N–H and O–H groups in total. The van der Waals surface area contributed by atoms with E-state index >= 15 is 0 Å². The van der Waals surface area contributed by atoms with Crippen LogP contribution in [0, 0.1) is 0 Å². The Morgan fingerprint density at radius 1 is 0.630 bits per heavy atom. The molecule has 8 aromatic rings. The average Bonchev–Trinajstić information content (AvgIpc) is 3.85. The molecule has 4 aromatic heterocycles. The van der Waals surface area contributed by atoms with Crippen molar-refractivity contribution < 1.29 is 9.47 Å². The molecule has 0 atom stereocenters. The van der Waals surface area contributed by atoms with E-state index in [1.54, 1.807) is 0 Å². The Bertz CT molecular complexity index is 2340. The maximum Gasteiger partial charge on any atom is 0.189 e. The number of benzene rings is 4. The van der Waals surface area contributed by atoms with Crippen molar-refractivity contribution in [1.29, 1.82) is 0 Å². The van der Waals surface area contributed by atoms with E-state index in [2.05, 4.69) is 161 Å². The highest BCUT2D eigenvalue weighted by molar-refractivity contribution is 6.76. The normalized spacial score (nSPS) is 11.9. The Morgan fingerprint density at radius 3 is 1.83 bits per heavy atom. The number of rotatable bonds is 13. The fourth-order valence-corrected chi connectivity index (χ4v) is 7.76. The van der Waals surface area contributed by atoms with Gasteiger partial charge in [0.15, 0.2) is 6.79 Å². The zero-order chi connectivity index (χ0) is 37.0. The van der Waals surface area contributed by atoms with Gasteiger partial charge in [-0.3, -0.25) is 14.1 Å². The Morgan fingerprint density at radius 2 is 1.24 bits per heavy atom. The van der Waals surface area contributed by atoms with E-state index in [9.17, 15) is 0 Å². The van der Waals surface area contributed by atoms with Gasteiger partial charge in [0.25, 0.3) is 0 Å². The lowest BCUT2D eigenvalue weighted by Gasteiger charge is -2.36. The van der Waals surface area contributed by atoms with Gasteiger partial charge in [-0.2, -0.15) is 5.10 Å². The summed E-state index contributed by atoms with van der Waals surface area (Å²) in [5, 5.41) is 5.56. The summed E-state index contributed by atoms with van der Waals surface area (Å²) in [7, 11) is -1.17. The molecule has 0 unspecified atom stereocenters. The second kappa shape index (κ2) is 15.1. The van der Waals surface area contributed by atoms with Gasteiger partial charge in [0.05, 0.1) is 17.6 Å². The van der Waals surface area contributed by atoms with E-state index in [0.717, 1.165) is 67.9 Å². The third-order valence-corrected chi connectivity index (χ3v) is 11.5. The molecule has 54 heavy (non-hydrogen) atoms. The molecule has 0 saturated carbocycles. The Balaban J connectivity index is 1.29. The SMILES string of the molecule is C[Si](C)(C)CCOCOc1ccc(-c2nn(C(c3ccccc3)(c3ccccc3)c3ccccc3)cc2-c2ccc3ncc(-c4ccccn4)n3c2)cc1. The van der Waals surface area contributed by atoms with E-state index in [-0.39, 0.29) is 6.79 Å². The van der Waals surface area contributed by atoms with Gasteiger partial charge < -0.3 is 9.47 Å². The second-order valence-corrected chi connectivity index (χ2v) is 20.3. The van der Waals surface area contributed by atoms with Crippen LogP contribution >= 0.6 is 0 Å². The summed E-state index contributed by atoms with van der Waals surface area (Å²) in [5.74, 6) is 0.750. The number of fused-ring (bicyclic) bond motifs is 1. The van der Waals surface area contributed by atoms with Crippen LogP contribution in [0.4, 0.5) is 0 Å². The van der Waals surface area contributed by atoms with Crippen LogP contribution in [0.5, 0.6) is 5.75 Å². The third-order valence-electron chi connectivity index (χ3n) is 9.81. The summed E-state index contributed by atoms with van der Waals surface area (Å²) in [6.07, 6.45) is 8.02. The number of pyridine rings is 2. The molecule has 0 aliphatic carbocycles. The Kier molecular flexibility index (Phi) is 9.78. The minimum Gasteiger partial charge on any atom is -0.468 e. The smallest absolute Gasteiger partial charge is 0.189 e. The van der Waals surface area contributed by atoms with Crippen LogP contribution < -0.4 is 4.74 Å². The standard InChI is InChI=1S/C46H43N5O2Si/c1-54(2,3)30-29-52-34-53-40-25-22-35(23-26-40)45-41(36-24-27-44-48-31-43(50(44)32-36)42-21-13-14-28-47-42)33-51(49-45)46(37-15-7-4-8-16-37,38-17-9-5-10-18-38)39-19-11-6-12-20-39/h4-28,31-33H,29-30,34H2,1-3H3. The van der Waals surface area contributed by atoms with Crippen molar-refractivity contribution in [1.82, 2.24) is 24.1 Å². The molecular weight excluding hydrogens is 683 g/mol. The van der Waals surface area contributed by atoms with Crippen LogP contribution in [0.1, 0.15) is 16.7 Å². The summed E-state index contributed by atoms with van der Waals surface area (Å²) in [5.41, 5.74) is 8.92.